The monoisotopic (exact) mass is 556 g/mol. The van der Waals surface area contributed by atoms with E-state index in [1.807, 2.05) is 18.6 Å². The maximum absolute atomic E-state index is 9.55. The van der Waals surface area contributed by atoms with Gasteiger partial charge in [-0.3, -0.25) is 14.9 Å². The summed E-state index contributed by atoms with van der Waals surface area (Å²) in [5.41, 5.74) is 5.33. The second-order valence-corrected chi connectivity index (χ2v) is 10.1. The predicted molar refractivity (Wildman–Crippen MR) is 155 cm³/mol. The summed E-state index contributed by atoms with van der Waals surface area (Å²) in [6.07, 6.45) is 6.81. The van der Waals surface area contributed by atoms with E-state index in [1.54, 1.807) is 0 Å². The third-order valence-corrected chi connectivity index (χ3v) is 7.13. The number of carboxylic acid groups (broad SMARTS) is 2. The van der Waals surface area contributed by atoms with Crippen LogP contribution in [0.1, 0.15) is 19.6 Å². The highest BCUT2D eigenvalue weighted by molar-refractivity contribution is 6.01. The molecule has 0 aliphatic carbocycles. The number of fused-ring (bicyclic) bond motifs is 2. The van der Waals surface area contributed by atoms with Gasteiger partial charge in [0.15, 0.2) is 0 Å². The van der Waals surface area contributed by atoms with Gasteiger partial charge >= 0.3 is 11.9 Å². The number of nitrogens with zero attached hydrogens (tertiary/aromatic N) is 4. The molecule has 3 aromatic heterocycles. The summed E-state index contributed by atoms with van der Waals surface area (Å²) in [7, 11) is 0. The van der Waals surface area contributed by atoms with E-state index in [0.717, 1.165) is 66.0 Å². The largest absolute Gasteiger partial charge is 0.478 e. The molecule has 0 unspecified atom stereocenters. The summed E-state index contributed by atoms with van der Waals surface area (Å²) in [6, 6.07) is 13.3. The van der Waals surface area contributed by atoms with Gasteiger partial charge in [0.2, 0.25) is 5.89 Å². The number of oxazole rings is 1. The van der Waals surface area contributed by atoms with Crippen LogP contribution < -0.4 is 0 Å². The van der Waals surface area contributed by atoms with E-state index in [2.05, 4.69) is 80.2 Å². The van der Waals surface area contributed by atoms with Crippen LogP contribution in [0.15, 0.2) is 71.6 Å². The first kappa shape index (κ1) is 27.8. The zero-order chi connectivity index (χ0) is 28.9. The zero-order valence-corrected chi connectivity index (χ0v) is 22.9. The van der Waals surface area contributed by atoms with Crippen LogP contribution in [0.5, 0.6) is 0 Å². The number of H-pyrrole nitrogens is 2. The molecule has 4 heterocycles. The van der Waals surface area contributed by atoms with Crippen molar-refractivity contribution in [1.29, 1.82) is 0 Å². The summed E-state index contributed by atoms with van der Waals surface area (Å²) in [5.74, 6) is -0.974. The van der Waals surface area contributed by atoms with Gasteiger partial charge in [-0.05, 0) is 49.2 Å². The number of aromatic nitrogens is 4. The fourth-order valence-corrected chi connectivity index (χ4v) is 5.03. The molecule has 0 saturated carbocycles. The Morgan fingerprint density at radius 2 is 1.73 bits per heavy atom. The lowest BCUT2D eigenvalue weighted by Gasteiger charge is -2.36. The maximum Gasteiger partial charge on any atom is 0.328 e. The normalized spacial score (nSPS) is 14.6. The van der Waals surface area contributed by atoms with Crippen molar-refractivity contribution in [2.75, 3.05) is 26.2 Å². The van der Waals surface area contributed by atoms with Gasteiger partial charge < -0.3 is 19.6 Å². The number of hydrogen-bond donors (Lipinski definition) is 4. The van der Waals surface area contributed by atoms with E-state index in [4.69, 9.17) is 14.6 Å². The van der Waals surface area contributed by atoms with Gasteiger partial charge in [-0.15, -0.1) is 0 Å². The number of aliphatic carboxylic acids is 2. The summed E-state index contributed by atoms with van der Waals surface area (Å²) >= 11 is 0. The Morgan fingerprint density at radius 1 is 0.976 bits per heavy atom. The number of carbonyl (C=O) groups is 2. The number of carboxylic acids is 2. The SMILES string of the molecule is CC(C)N1CCN(Cc2cnc(-c3cc(-c4cccc5[nH]ccc45)cc4[nH]ncc34)o2)CC1.O=C(O)/C=C/C(=O)O. The van der Waals surface area contributed by atoms with Crippen molar-refractivity contribution >= 4 is 33.7 Å². The lowest BCUT2D eigenvalue weighted by Crippen LogP contribution is -2.48. The van der Waals surface area contributed by atoms with Crippen LogP contribution in [0.3, 0.4) is 0 Å². The van der Waals surface area contributed by atoms with Crippen molar-refractivity contribution in [3.63, 3.8) is 0 Å². The minimum atomic E-state index is -1.26. The summed E-state index contributed by atoms with van der Waals surface area (Å²) < 4.78 is 6.27. The summed E-state index contributed by atoms with van der Waals surface area (Å²) in [5, 5.41) is 25.2. The van der Waals surface area contributed by atoms with E-state index in [0.29, 0.717) is 24.1 Å². The van der Waals surface area contributed by atoms with Crippen LogP contribution in [0.4, 0.5) is 0 Å². The molecule has 4 N–H and O–H groups in total. The molecule has 41 heavy (non-hydrogen) atoms. The molecule has 0 radical (unpaired) electrons. The summed E-state index contributed by atoms with van der Waals surface area (Å²) in [4.78, 5) is 32.0. The molecule has 1 aliphatic heterocycles. The maximum atomic E-state index is 9.55. The van der Waals surface area contributed by atoms with Crippen molar-refractivity contribution in [2.45, 2.75) is 26.4 Å². The molecule has 0 atom stereocenters. The lowest BCUT2D eigenvalue weighted by molar-refractivity contribution is -0.134. The average molecular weight is 557 g/mol. The molecule has 1 saturated heterocycles. The van der Waals surface area contributed by atoms with Crippen LogP contribution >= 0.6 is 0 Å². The molecule has 2 aromatic carbocycles. The van der Waals surface area contributed by atoms with Crippen LogP contribution in [-0.4, -0.2) is 84.3 Å². The van der Waals surface area contributed by atoms with Crippen molar-refractivity contribution in [2.24, 2.45) is 0 Å². The van der Waals surface area contributed by atoms with Crippen molar-refractivity contribution < 1.29 is 24.2 Å². The molecule has 11 nitrogen and oxygen atoms in total. The smallest absolute Gasteiger partial charge is 0.328 e. The highest BCUT2D eigenvalue weighted by Crippen LogP contribution is 2.36. The Balaban J connectivity index is 0.000000372. The molecule has 1 aliphatic rings. The van der Waals surface area contributed by atoms with Gasteiger partial charge in [0.25, 0.3) is 0 Å². The Bertz CT molecular complexity index is 1670. The number of piperazine rings is 1. The average Bonchev–Trinajstić information content (AvgIpc) is 3.73. The van der Waals surface area contributed by atoms with Crippen LogP contribution in [-0.2, 0) is 16.1 Å². The third kappa shape index (κ3) is 6.53. The Kier molecular flexibility index (Phi) is 8.27. The molecule has 0 amide bonds. The fraction of sp³-hybridized carbons (Fsp3) is 0.267. The minimum absolute atomic E-state index is 0.558. The van der Waals surface area contributed by atoms with Crippen molar-refractivity contribution in [3.05, 3.63) is 72.9 Å². The van der Waals surface area contributed by atoms with E-state index in [1.165, 1.54) is 10.9 Å². The van der Waals surface area contributed by atoms with Gasteiger partial charge in [0.1, 0.15) is 5.76 Å². The quantitative estimate of drug-likeness (QED) is 0.211. The lowest BCUT2D eigenvalue weighted by atomic mass is 9.98. The van der Waals surface area contributed by atoms with E-state index in [-0.39, 0.29) is 0 Å². The highest BCUT2D eigenvalue weighted by atomic mass is 16.4. The van der Waals surface area contributed by atoms with Gasteiger partial charge in [-0.2, -0.15) is 5.10 Å². The number of aromatic amines is 2. The third-order valence-electron chi connectivity index (χ3n) is 7.13. The Morgan fingerprint density at radius 3 is 2.44 bits per heavy atom. The predicted octanol–water partition coefficient (Wildman–Crippen LogP) is 4.60. The highest BCUT2D eigenvalue weighted by Gasteiger charge is 2.21. The fourth-order valence-electron chi connectivity index (χ4n) is 5.03. The Labute approximate surface area is 236 Å². The number of hydrogen-bond acceptors (Lipinski definition) is 7. The van der Waals surface area contributed by atoms with Crippen LogP contribution in [0, 0.1) is 0 Å². The molecule has 6 rings (SSSR count). The molecule has 5 aromatic rings. The van der Waals surface area contributed by atoms with E-state index < -0.39 is 11.9 Å². The minimum Gasteiger partial charge on any atom is -0.478 e. The van der Waals surface area contributed by atoms with Crippen LogP contribution in [0.2, 0.25) is 0 Å². The van der Waals surface area contributed by atoms with Crippen molar-refractivity contribution in [3.8, 4) is 22.6 Å². The van der Waals surface area contributed by atoms with E-state index >= 15 is 0 Å². The number of rotatable bonds is 7. The summed E-state index contributed by atoms with van der Waals surface area (Å²) in [6.45, 7) is 9.61. The van der Waals surface area contributed by atoms with Crippen molar-refractivity contribution in [1.82, 2.24) is 30.0 Å². The van der Waals surface area contributed by atoms with Crippen LogP contribution in [0.25, 0.3) is 44.4 Å². The molecule has 0 spiro atoms. The van der Waals surface area contributed by atoms with Gasteiger partial charge in [0.05, 0.1) is 24.5 Å². The number of benzene rings is 2. The molecule has 1 fully saturated rings. The second kappa shape index (κ2) is 12.2. The first-order chi connectivity index (χ1) is 19.8. The first-order valence-corrected chi connectivity index (χ1v) is 13.4. The standard InChI is InChI=1S/C26H28N6O.C4H4O4/c1-17(2)32-10-8-31(9-11-32)16-19-14-28-26(33-19)22-12-18(13-25-23(22)15-29-30-25)20-4-3-5-24-21(20)6-7-27-24;5-3(6)1-2-4(7)8/h3-7,12-15,17,27H,8-11,16H2,1-2H3,(H,29,30);1-2H,(H,5,6)(H,7,8)/b;2-1+. The Hall–Kier alpha value is -4.74. The molecular formula is C30H32N6O5. The van der Waals surface area contributed by atoms with Gasteiger partial charge in [-0.25, -0.2) is 14.6 Å². The second-order valence-electron chi connectivity index (χ2n) is 10.1. The van der Waals surface area contributed by atoms with Gasteiger partial charge in [-0.1, -0.05) is 12.1 Å². The zero-order valence-electron chi connectivity index (χ0n) is 22.9. The molecular weight excluding hydrogens is 524 g/mol. The van der Waals surface area contributed by atoms with Gasteiger partial charge in [0, 0.05) is 72.4 Å². The first-order valence-electron chi connectivity index (χ1n) is 13.4. The molecule has 212 valence electrons. The van der Waals surface area contributed by atoms with E-state index in [9.17, 15) is 9.59 Å². The molecule has 0 bridgehead atoms. The topological polar surface area (TPSA) is 152 Å². The number of nitrogens with one attached hydrogen (secondary N) is 2. The molecule has 11 heteroatoms.